The van der Waals surface area contributed by atoms with Crippen LogP contribution in [0.25, 0.3) is 22.0 Å². The normalized spacial score (nSPS) is 10.8. The second kappa shape index (κ2) is 11.1. The molecule has 5 nitrogen and oxygen atoms in total. The number of aryl methyl sites for hydroxylation is 1. The van der Waals surface area contributed by atoms with Crippen LogP contribution in [0.5, 0.6) is 0 Å². The maximum atomic E-state index is 13.6. The third-order valence-electron chi connectivity index (χ3n) is 6.63. The van der Waals surface area contributed by atoms with E-state index in [0.29, 0.717) is 17.7 Å². The summed E-state index contributed by atoms with van der Waals surface area (Å²) in [6.07, 6.45) is 1.96. The quantitative estimate of drug-likeness (QED) is 0.188. The van der Waals surface area contributed by atoms with E-state index >= 15 is 0 Å². The highest BCUT2D eigenvalue weighted by Crippen LogP contribution is 2.35. The zero-order valence-corrected chi connectivity index (χ0v) is 21.4. The minimum absolute atomic E-state index is 0.0538. The number of aromatic nitrogens is 1. The lowest BCUT2D eigenvalue weighted by Crippen LogP contribution is -2.06. The van der Waals surface area contributed by atoms with E-state index in [9.17, 15) is 9.59 Å². The SMILES string of the molecule is COC(=O)Cc1ccc(CNc2cccc(-c3c(C(=O)c4ccccc4)cnc4c(C)cccc34)c2)cc1. The van der Waals surface area contributed by atoms with Crippen LogP contribution in [0.1, 0.15) is 32.6 Å². The smallest absolute Gasteiger partial charge is 0.309 e. The third kappa shape index (κ3) is 5.32. The van der Waals surface area contributed by atoms with E-state index in [4.69, 9.17) is 4.74 Å². The molecule has 1 heterocycles. The summed E-state index contributed by atoms with van der Waals surface area (Å²) in [7, 11) is 1.39. The van der Waals surface area contributed by atoms with E-state index in [2.05, 4.69) is 16.4 Å². The molecule has 0 atom stereocenters. The molecule has 0 bridgehead atoms. The monoisotopic (exact) mass is 500 g/mol. The van der Waals surface area contributed by atoms with Gasteiger partial charge in [0.05, 0.1) is 19.0 Å². The van der Waals surface area contributed by atoms with Crippen LogP contribution in [0.2, 0.25) is 0 Å². The average molecular weight is 501 g/mol. The topological polar surface area (TPSA) is 68.3 Å². The summed E-state index contributed by atoms with van der Waals surface area (Å²) in [6.45, 7) is 2.65. The number of hydrogen-bond acceptors (Lipinski definition) is 5. The zero-order valence-electron chi connectivity index (χ0n) is 21.4. The maximum Gasteiger partial charge on any atom is 0.309 e. The summed E-state index contributed by atoms with van der Waals surface area (Å²) >= 11 is 0. The van der Waals surface area contributed by atoms with Crippen molar-refractivity contribution in [2.24, 2.45) is 0 Å². The highest BCUT2D eigenvalue weighted by Gasteiger charge is 2.19. The molecule has 1 N–H and O–H groups in total. The van der Waals surface area contributed by atoms with E-state index in [1.807, 2.05) is 97.9 Å². The van der Waals surface area contributed by atoms with Gasteiger partial charge in [-0.3, -0.25) is 14.6 Å². The Kier molecular flexibility index (Phi) is 7.27. The number of nitrogens with zero attached hydrogens (tertiary/aromatic N) is 1. The fourth-order valence-electron chi connectivity index (χ4n) is 4.60. The third-order valence-corrected chi connectivity index (χ3v) is 6.63. The standard InChI is InChI=1S/C33H28N2O3/c1-22-8-6-13-28-31(29(21-35-32(22)28)33(37)25-9-4-3-5-10-25)26-11-7-12-27(19-26)34-20-24-16-14-23(15-17-24)18-30(36)38-2/h3-17,19,21,34H,18,20H2,1-2H3. The molecule has 0 unspecified atom stereocenters. The lowest BCUT2D eigenvalue weighted by Gasteiger charge is -2.15. The fraction of sp³-hybridized carbons (Fsp3) is 0.121. The van der Waals surface area contributed by atoms with Crippen molar-refractivity contribution in [1.82, 2.24) is 4.98 Å². The number of ketones is 1. The van der Waals surface area contributed by atoms with Gasteiger partial charge in [0, 0.05) is 40.5 Å². The Morgan fingerprint density at radius 3 is 2.34 bits per heavy atom. The largest absolute Gasteiger partial charge is 0.469 e. The lowest BCUT2D eigenvalue weighted by molar-refractivity contribution is -0.139. The van der Waals surface area contributed by atoms with Crippen molar-refractivity contribution in [1.29, 1.82) is 0 Å². The lowest BCUT2D eigenvalue weighted by atomic mass is 9.91. The van der Waals surface area contributed by atoms with Gasteiger partial charge in [-0.1, -0.05) is 84.9 Å². The first-order chi connectivity index (χ1) is 18.5. The highest BCUT2D eigenvalue weighted by atomic mass is 16.5. The molecule has 0 aliphatic carbocycles. The minimum atomic E-state index is -0.253. The molecule has 188 valence electrons. The zero-order chi connectivity index (χ0) is 26.5. The van der Waals surface area contributed by atoms with Gasteiger partial charge in [-0.15, -0.1) is 0 Å². The summed E-state index contributed by atoms with van der Waals surface area (Å²) in [5, 5.41) is 4.44. The summed E-state index contributed by atoms with van der Waals surface area (Å²) in [5.41, 5.74) is 7.93. The van der Waals surface area contributed by atoms with Crippen molar-refractivity contribution in [3.8, 4) is 11.1 Å². The van der Waals surface area contributed by atoms with Crippen molar-refractivity contribution in [3.05, 3.63) is 131 Å². The molecule has 5 aromatic rings. The number of rotatable bonds is 8. The molecule has 0 amide bonds. The number of anilines is 1. The number of esters is 1. The molecule has 0 fully saturated rings. The van der Waals surface area contributed by atoms with Crippen LogP contribution in [0.4, 0.5) is 5.69 Å². The molecule has 5 heteroatoms. The molecule has 38 heavy (non-hydrogen) atoms. The Bertz CT molecular complexity index is 1610. The second-order valence-corrected chi connectivity index (χ2v) is 9.22. The Hall–Kier alpha value is -4.77. The molecule has 0 spiro atoms. The first-order valence-corrected chi connectivity index (χ1v) is 12.5. The molecule has 0 aliphatic heterocycles. The minimum Gasteiger partial charge on any atom is -0.469 e. The number of para-hydroxylation sites is 1. The molecular formula is C33H28N2O3. The second-order valence-electron chi connectivity index (χ2n) is 9.22. The van der Waals surface area contributed by atoms with Crippen LogP contribution in [-0.4, -0.2) is 23.8 Å². The van der Waals surface area contributed by atoms with Gasteiger partial charge in [-0.2, -0.15) is 0 Å². The van der Waals surface area contributed by atoms with Crippen molar-refractivity contribution < 1.29 is 14.3 Å². The van der Waals surface area contributed by atoms with Gasteiger partial charge in [-0.25, -0.2) is 0 Å². The molecule has 0 saturated carbocycles. The van der Waals surface area contributed by atoms with E-state index in [0.717, 1.165) is 44.4 Å². The number of fused-ring (bicyclic) bond motifs is 1. The molecule has 0 saturated heterocycles. The number of carbonyl (C=O) groups excluding carboxylic acids is 2. The van der Waals surface area contributed by atoms with Gasteiger partial charge >= 0.3 is 5.97 Å². The summed E-state index contributed by atoms with van der Waals surface area (Å²) in [4.78, 5) is 29.8. The van der Waals surface area contributed by atoms with E-state index in [1.165, 1.54) is 7.11 Å². The fourth-order valence-corrected chi connectivity index (χ4v) is 4.60. The van der Waals surface area contributed by atoms with Crippen LogP contribution in [0.3, 0.4) is 0 Å². The van der Waals surface area contributed by atoms with Gasteiger partial charge in [0.2, 0.25) is 0 Å². The van der Waals surface area contributed by atoms with Crippen molar-refractivity contribution >= 4 is 28.3 Å². The van der Waals surface area contributed by atoms with Gasteiger partial charge < -0.3 is 10.1 Å². The number of nitrogens with one attached hydrogen (secondary N) is 1. The number of hydrogen-bond donors (Lipinski definition) is 1. The van der Waals surface area contributed by atoms with Crippen LogP contribution in [-0.2, 0) is 22.5 Å². The average Bonchev–Trinajstić information content (AvgIpc) is 2.96. The maximum absolute atomic E-state index is 13.6. The Balaban J connectivity index is 1.48. The first kappa shape index (κ1) is 24.9. The Morgan fingerprint density at radius 1 is 0.842 bits per heavy atom. The summed E-state index contributed by atoms with van der Waals surface area (Å²) in [5.74, 6) is -0.307. The van der Waals surface area contributed by atoms with Gasteiger partial charge in [0.1, 0.15) is 0 Å². The Morgan fingerprint density at radius 2 is 1.58 bits per heavy atom. The number of pyridine rings is 1. The van der Waals surface area contributed by atoms with Gasteiger partial charge in [0.15, 0.2) is 5.78 Å². The molecule has 1 aromatic heterocycles. The van der Waals surface area contributed by atoms with Crippen LogP contribution in [0, 0.1) is 6.92 Å². The van der Waals surface area contributed by atoms with E-state index in [-0.39, 0.29) is 18.2 Å². The summed E-state index contributed by atoms with van der Waals surface area (Å²) < 4.78 is 4.74. The predicted octanol–water partition coefficient (Wildman–Crippen LogP) is 6.77. The van der Waals surface area contributed by atoms with E-state index < -0.39 is 0 Å². The molecule has 5 rings (SSSR count). The predicted molar refractivity (Wildman–Crippen MR) is 151 cm³/mol. The van der Waals surface area contributed by atoms with Gasteiger partial charge in [0.25, 0.3) is 0 Å². The van der Waals surface area contributed by atoms with Crippen molar-refractivity contribution in [3.63, 3.8) is 0 Å². The number of carbonyl (C=O) groups is 2. The van der Waals surface area contributed by atoms with Crippen LogP contribution >= 0.6 is 0 Å². The van der Waals surface area contributed by atoms with Crippen LogP contribution < -0.4 is 5.32 Å². The molecule has 0 aliphatic rings. The molecule has 4 aromatic carbocycles. The number of ether oxygens (including phenoxy) is 1. The van der Waals surface area contributed by atoms with E-state index in [1.54, 1.807) is 6.20 Å². The first-order valence-electron chi connectivity index (χ1n) is 12.5. The number of benzene rings is 4. The summed E-state index contributed by atoms with van der Waals surface area (Å²) in [6, 6.07) is 31.4. The Labute approximate surface area is 222 Å². The van der Waals surface area contributed by atoms with Crippen molar-refractivity contribution in [2.45, 2.75) is 19.9 Å². The molecule has 0 radical (unpaired) electrons. The van der Waals surface area contributed by atoms with Crippen LogP contribution in [0.15, 0.2) is 103 Å². The molecular weight excluding hydrogens is 472 g/mol. The number of methoxy groups -OCH3 is 1. The van der Waals surface area contributed by atoms with Gasteiger partial charge in [-0.05, 0) is 41.3 Å². The highest BCUT2D eigenvalue weighted by molar-refractivity contribution is 6.16. The van der Waals surface area contributed by atoms with Crippen molar-refractivity contribution in [2.75, 3.05) is 12.4 Å².